The summed E-state index contributed by atoms with van der Waals surface area (Å²) in [5, 5.41) is 9.08. The summed E-state index contributed by atoms with van der Waals surface area (Å²) in [4.78, 5) is 12.9. The molecule has 0 amide bonds. The number of aliphatic carboxylic acids is 1. The molecule has 1 unspecified atom stereocenters. The van der Waals surface area contributed by atoms with E-state index in [1.54, 1.807) is 17.0 Å². The van der Waals surface area contributed by atoms with Crippen molar-refractivity contribution < 1.29 is 23.4 Å². The molecule has 0 bridgehead atoms. The minimum absolute atomic E-state index is 0.0273. The van der Waals surface area contributed by atoms with Gasteiger partial charge in [-0.1, -0.05) is 24.3 Å². The fraction of sp³-hybridized carbons (Fsp3) is 0.462. The van der Waals surface area contributed by atoms with Crippen LogP contribution < -0.4 is 0 Å². The molecule has 2 rings (SSSR count). The summed E-state index contributed by atoms with van der Waals surface area (Å²) in [5.74, 6) is -0.927. The van der Waals surface area contributed by atoms with E-state index in [4.69, 9.17) is 9.84 Å². The van der Waals surface area contributed by atoms with E-state index in [-0.39, 0.29) is 12.2 Å². The molecule has 104 valence electrons. The predicted octanol–water partition coefficient (Wildman–Crippen LogP) is 1.91. The molecule has 1 aromatic carbocycles. The van der Waals surface area contributed by atoms with Gasteiger partial charge in [0.25, 0.3) is 6.43 Å². The van der Waals surface area contributed by atoms with Gasteiger partial charge in [0.15, 0.2) is 0 Å². The zero-order valence-electron chi connectivity index (χ0n) is 10.3. The number of morpholine rings is 1. The summed E-state index contributed by atoms with van der Waals surface area (Å²) in [6, 6.07) is 5.28. The van der Waals surface area contributed by atoms with Gasteiger partial charge < -0.3 is 9.84 Å². The van der Waals surface area contributed by atoms with Crippen LogP contribution in [0.4, 0.5) is 8.78 Å². The Morgan fingerprint density at radius 3 is 2.68 bits per heavy atom. The Labute approximate surface area is 109 Å². The lowest BCUT2D eigenvalue weighted by Crippen LogP contribution is -2.49. The van der Waals surface area contributed by atoms with Crippen LogP contribution in [0.1, 0.15) is 17.6 Å². The molecule has 0 saturated carbocycles. The Hall–Kier alpha value is -1.53. The van der Waals surface area contributed by atoms with Crippen molar-refractivity contribution in [2.75, 3.05) is 19.8 Å². The summed E-state index contributed by atoms with van der Waals surface area (Å²) < 4.78 is 30.0. The van der Waals surface area contributed by atoms with Gasteiger partial charge in [0, 0.05) is 18.7 Å². The molecule has 4 nitrogen and oxygen atoms in total. The van der Waals surface area contributed by atoms with Crippen LogP contribution in [-0.4, -0.2) is 41.8 Å². The fourth-order valence-electron chi connectivity index (χ4n) is 2.06. The molecule has 1 heterocycles. The van der Waals surface area contributed by atoms with Crippen LogP contribution in [0.3, 0.4) is 0 Å². The van der Waals surface area contributed by atoms with Crippen molar-refractivity contribution in [3.8, 4) is 0 Å². The highest BCUT2D eigenvalue weighted by atomic mass is 19.3. The zero-order chi connectivity index (χ0) is 13.8. The molecule has 1 aromatic rings. The van der Waals surface area contributed by atoms with Crippen LogP contribution in [0.15, 0.2) is 24.3 Å². The topological polar surface area (TPSA) is 49.8 Å². The van der Waals surface area contributed by atoms with E-state index in [9.17, 15) is 13.6 Å². The minimum atomic E-state index is -2.48. The summed E-state index contributed by atoms with van der Waals surface area (Å²) in [6.45, 7) is 1.58. The summed E-state index contributed by atoms with van der Waals surface area (Å²) >= 11 is 0. The van der Waals surface area contributed by atoms with E-state index in [0.717, 1.165) is 5.56 Å². The number of carbonyl (C=O) groups is 1. The number of ether oxygens (including phenoxy) is 1. The molecule has 0 spiro atoms. The van der Waals surface area contributed by atoms with Gasteiger partial charge in [-0.25, -0.2) is 8.78 Å². The van der Waals surface area contributed by atoms with Crippen molar-refractivity contribution in [1.29, 1.82) is 0 Å². The molecule has 1 fully saturated rings. The van der Waals surface area contributed by atoms with E-state index in [1.807, 2.05) is 0 Å². The van der Waals surface area contributed by atoms with Crippen molar-refractivity contribution in [3.63, 3.8) is 0 Å². The lowest BCUT2D eigenvalue weighted by atomic mass is 10.1. The molecule has 19 heavy (non-hydrogen) atoms. The average molecular weight is 271 g/mol. The standard InChI is InChI=1S/C13H15F2NO3/c14-12(15)10-3-1-9(2-4-10)7-16-5-6-19-8-11(16)13(17)18/h1-4,11-12H,5-8H2,(H,17,18). The van der Waals surface area contributed by atoms with Crippen LogP contribution >= 0.6 is 0 Å². The van der Waals surface area contributed by atoms with Crippen molar-refractivity contribution in [2.45, 2.75) is 19.0 Å². The summed E-state index contributed by atoms with van der Waals surface area (Å²) in [5.41, 5.74) is 0.790. The third-order valence-corrected chi connectivity index (χ3v) is 3.14. The maximum Gasteiger partial charge on any atom is 0.323 e. The van der Waals surface area contributed by atoms with E-state index in [2.05, 4.69) is 0 Å². The van der Waals surface area contributed by atoms with Gasteiger partial charge in [0.1, 0.15) is 6.04 Å². The summed E-state index contributed by atoms with van der Waals surface area (Å²) in [6.07, 6.45) is -2.48. The van der Waals surface area contributed by atoms with Crippen LogP contribution in [0.2, 0.25) is 0 Å². The van der Waals surface area contributed by atoms with Gasteiger partial charge >= 0.3 is 5.97 Å². The van der Waals surface area contributed by atoms with Crippen LogP contribution in [0.25, 0.3) is 0 Å². The van der Waals surface area contributed by atoms with Gasteiger partial charge in [0.05, 0.1) is 13.2 Å². The number of alkyl halides is 2. The molecule has 1 saturated heterocycles. The van der Waals surface area contributed by atoms with E-state index >= 15 is 0 Å². The number of benzene rings is 1. The molecule has 6 heteroatoms. The van der Waals surface area contributed by atoms with Crippen LogP contribution in [0.5, 0.6) is 0 Å². The SMILES string of the molecule is O=C(O)C1COCCN1Cc1ccc(C(F)F)cc1. The zero-order valence-corrected chi connectivity index (χ0v) is 10.3. The third-order valence-electron chi connectivity index (χ3n) is 3.14. The van der Waals surface area contributed by atoms with Crippen molar-refractivity contribution >= 4 is 5.97 Å². The van der Waals surface area contributed by atoms with Crippen LogP contribution in [0, 0.1) is 0 Å². The molecule has 1 N–H and O–H groups in total. The molecule has 1 aliphatic heterocycles. The smallest absolute Gasteiger partial charge is 0.323 e. The lowest BCUT2D eigenvalue weighted by molar-refractivity contribution is -0.150. The second kappa shape index (κ2) is 6.08. The van der Waals surface area contributed by atoms with Gasteiger partial charge in [-0.3, -0.25) is 9.69 Å². The molecule has 0 aromatic heterocycles. The number of carboxylic acid groups (broad SMARTS) is 1. The highest BCUT2D eigenvalue weighted by Gasteiger charge is 2.28. The maximum absolute atomic E-state index is 12.4. The normalized spacial score (nSPS) is 20.7. The maximum atomic E-state index is 12.4. The van der Waals surface area contributed by atoms with Gasteiger partial charge in [-0.2, -0.15) is 0 Å². The predicted molar refractivity (Wildman–Crippen MR) is 64.1 cm³/mol. The van der Waals surface area contributed by atoms with E-state index < -0.39 is 18.4 Å². The second-order valence-electron chi connectivity index (χ2n) is 4.44. The largest absolute Gasteiger partial charge is 0.480 e. The Kier molecular flexibility index (Phi) is 4.44. The first kappa shape index (κ1) is 13.9. The first-order valence-electron chi connectivity index (χ1n) is 5.99. The van der Waals surface area contributed by atoms with Crippen LogP contribution in [-0.2, 0) is 16.1 Å². The Morgan fingerprint density at radius 1 is 1.42 bits per heavy atom. The minimum Gasteiger partial charge on any atom is -0.480 e. The average Bonchev–Trinajstić information content (AvgIpc) is 2.39. The molecule has 0 aliphatic carbocycles. The number of hydrogen-bond donors (Lipinski definition) is 1. The number of halogens is 2. The molecular formula is C13H15F2NO3. The van der Waals surface area contributed by atoms with Crippen molar-refractivity contribution in [2.24, 2.45) is 0 Å². The van der Waals surface area contributed by atoms with Gasteiger partial charge in [-0.05, 0) is 5.56 Å². The van der Waals surface area contributed by atoms with Gasteiger partial charge in [-0.15, -0.1) is 0 Å². The second-order valence-corrected chi connectivity index (χ2v) is 4.44. The first-order valence-corrected chi connectivity index (χ1v) is 5.99. The number of hydrogen-bond acceptors (Lipinski definition) is 3. The highest BCUT2D eigenvalue weighted by molar-refractivity contribution is 5.73. The Morgan fingerprint density at radius 2 is 2.11 bits per heavy atom. The number of nitrogens with zero attached hydrogens (tertiary/aromatic N) is 1. The number of rotatable bonds is 4. The molecular weight excluding hydrogens is 256 g/mol. The molecule has 1 aliphatic rings. The lowest BCUT2D eigenvalue weighted by Gasteiger charge is -2.32. The van der Waals surface area contributed by atoms with Gasteiger partial charge in [0.2, 0.25) is 0 Å². The third kappa shape index (κ3) is 3.48. The monoisotopic (exact) mass is 271 g/mol. The molecule has 0 radical (unpaired) electrons. The van der Waals surface area contributed by atoms with Crippen molar-refractivity contribution in [3.05, 3.63) is 35.4 Å². The number of carboxylic acids is 1. The summed E-state index contributed by atoms with van der Waals surface area (Å²) in [7, 11) is 0. The first-order chi connectivity index (χ1) is 9.08. The van der Waals surface area contributed by atoms with E-state index in [0.29, 0.717) is 19.7 Å². The highest BCUT2D eigenvalue weighted by Crippen LogP contribution is 2.20. The molecule has 1 atom stereocenters. The fourth-order valence-corrected chi connectivity index (χ4v) is 2.06. The van der Waals surface area contributed by atoms with Crippen molar-refractivity contribution in [1.82, 2.24) is 4.90 Å². The van der Waals surface area contributed by atoms with E-state index in [1.165, 1.54) is 12.1 Å². The Bertz CT molecular complexity index is 436. The quantitative estimate of drug-likeness (QED) is 0.908. The Balaban J connectivity index is 2.04.